The lowest BCUT2D eigenvalue weighted by Crippen LogP contribution is -2.64. The molecule has 0 spiro atoms. The van der Waals surface area contributed by atoms with Crippen LogP contribution in [-0.2, 0) is 4.43 Å². The van der Waals surface area contributed by atoms with Crippen molar-refractivity contribution < 1.29 is 4.43 Å². The first kappa shape index (κ1) is 18.4. The molecule has 1 aliphatic heterocycles. The molecule has 1 aliphatic rings. The van der Waals surface area contributed by atoms with Gasteiger partial charge in [0.25, 0.3) is 0 Å². The van der Waals surface area contributed by atoms with Crippen LogP contribution < -0.4 is 0 Å². The van der Waals surface area contributed by atoms with Gasteiger partial charge in [-0.25, -0.2) is 0 Å². The third kappa shape index (κ3) is 5.26. The van der Waals surface area contributed by atoms with E-state index in [2.05, 4.69) is 63.7 Å². The zero-order valence-electron chi connectivity index (χ0n) is 15.0. The van der Waals surface area contributed by atoms with Crippen LogP contribution in [0, 0.1) is 0 Å². The predicted molar refractivity (Wildman–Crippen MR) is 94.7 cm³/mol. The van der Waals surface area contributed by atoms with E-state index in [0.717, 1.165) is 12.3 Å². The van der Waals surface area contributed by atoms with Crippen LogP contribution in [0.2, 0.25) is 26.2 Å². The molecule has 0 aliphatic carbocycles. The molecule has 5 heteroatoms. The third-order valence-electron chi connectivity index (χ3n) is 4.37. The summed E-state index contributed by atoms with van der Waals surface area (Å²) < 4.78 is 6.05. The lowest BCUT2D eigenvalue weighted by molar-refractivity contribution is 0.0520. The van der Waals surface area contributed by atoms with E-state index in [1.54, 1.807) is 0 Å². The van der Waals surface area contributed by atoms with Gasteiger partial charge >= 0.3 is 0 Å². The summed E-state index contributed by atoms with van der Waals surface area (Å²) in [5.74, 6) is 0. The summed E-state index contributed by atoms with van der Waals surface area (Å²) in [5, 5.41) is 0. The normalized spacial score (nSPS) is 23.6. The van der Waals surface area contributed by atoms with Gasteiger partial charge in [-0.2, -0.15) is 0 Å². The van der Waals surface area contributed by atoms with Gasteiger partial charge in [-0.3, -0.25) is 4.90 Å². The Labute approximate surface area is 129 Å². The fourth-order valence-corrected chi connectivity index (χ4v) is 7.44. The second-order valence-electron chi connectivity index (χ2n) is 8.09. The van der Waals surface area contributed by atoms with Gasteiger partial charge in [0.2, 0.25) is 0 Å². The number of piperazine rings is 1. The Morgan fingerprint density at radius 1 is 1.20 bits per heavy atom. The van der Waals surface area contributed by atoms with Crippen molar-refractivity contribution in [3.8, 4) is 0 Å². The SMILES string of the molecule is CCO[Si](C)(C)CN1CCN(C(C)(C)C)CC1[SiH](C)C. The van der Waals surface area contributed by atoms with Crippen molar-refractivity contribution in [2.45, 2.75) is 65.1 Å². The smallest absolute Gasteiger partial charge is 0.200 e. The average molecular weight is 317 g/mol. The minimum absolute atomic E-state index is 0.306. The van der Waals surface area contributed by atoms with Gasteiger partial charge in [-0.1, -0.05) is 13.1 Å². The summed E-state index contributed by atoms with van der Waals surface area (Å²) in [6, 6.07) is 0. The zero-order chi connectivity index (χ0) is 15.6. The first-order valence-electron chi connectivity index (χ1n) is 8.20. The molecule has 1 rings (SSSR count). The Balaban J connectivity index is 2.73. The van der Waals surface area contributed by atoms with Crippen molar-refractivity contribution in [3.05, 3.63) is 0 Å². The van der Waals surface area contributed by atoms with Crippen molar-refractivity contribution in [1.29, 1.82) is 0 Å². The Hall–Kier alpha value is 0.314. The van der Waals surface area contributed by atoms with Crippen molar-refractivity contribution in [1.82, 2.24) is 9.80 Å². The van der Waals surface area contributed by atoms with Crippen molar-refractivity contribution in [3.63, 3.8) is 0 Å². The monoisotopic (exact) mass is 316 g/mol. The Bertz CT molecular complexity index is 303. The molecule has 1 heterocycles. The van der Waals surface area contributed by atoms with Gasteiger partial charge in [0.1, 0.15) is 0 Å². The summed E-state index contributed by atoms with van der Waals surface area (Å²) in [5.41, 5.74) is 1.11. The van der Waals surface area contributed by atoms with Crippen LogP contribution in [-0.4, -0.2) is 70.5 Å². The van der Waals surface area contributed by atoms with Gasteiger partial charge < -0.3 is 9.33 Å². The van der Waals surface area contributed by atoms with E-state index in [4.69, 9.17) is 4.43 Å². The molecule has 1 unspecified atom stereocenters. The summed E-state index contributed by atoms with van der Waals surface area (Å²) in [7, 11) is -2.20. The van der Waals surface area contributed by atoms with E-state index in [-0.39, 0.29) is 0 Å². The van der Waals surface area contributed by atoms with E-state index in [0.29, 0.717) is 5.54 Å². The van der Waals surface area contributed by atoms with Crippen LogP contribution in [0.4, 0.5) is 0 Å². The molecule has 0 aromatic rings. The maximum Gasteiger partial charge on any atom is 0.200 e. The molecule has 0 N–H and O–H groups in total. The minimum atomic E-state index is -1.52. The second kappa shape index (κ2) is 7.05. The van der Waals surface area contributed by atoms with Gasteiger partial charge in [0.15, 0.2) is 8.32 Å². The zero-order valence-corrected chi connectivity index (χ0v) is 17.1. The highest BCUT2D eigenvalue weighted by Gasteiger charge is 2.37. The molecule has 1 atom stereocenters. The summed E-state index contributed by atoms with van der Waals surface area (Å²) in [4.78, 5) is 5.44. The lowest BCUT2D eigenvalue weighted by atomic mass is 10.1. The standard InChI is InChI=1S/C15H36N2OSi2/c1-9-18-20(7,8)13-16-10-11-17(15(2,3)4)12-14(16)19(5)6/h14,19H,9-13H2,1-8H3. The molecule has 0 bridgehead atoms. The number of nitrogens with zero attached hydrogens (tertiary/aromatic N) is 2. The number of rotatable bonds is 5. The van der Waals surface area contributed by atoms with Crippen LogP contribution in [0.5, 0.6) is 0 Å². The van der Waals surface area contributed by atoms with Crippen LogP contribution in [0.25, 0.3) is 0 Å². The van der Waals surface area contributed by atoms with Crippen molar-refractivity contribution in [2.24, 2.45) is 0 Å². The van der Waals surface area contributed by atoms with E-state index >= 15 is 0 Å². The first-order valence-corrected chi connectivity index (χ1v) is 14.3. The predicted octanol–water partition coefficient (Wildman–Crippen LogP) is 2.58. The summed E-state index contributed by atoms with van der Waals surface area (Å²) in [6.07, 6.45) is 1.20. The fourth-order valence-electron chi connectivity index (χ4n) is 3.21. The molecule has 20 heavy (non-hydrogen) atoms. The van der Waals surface area contributed by atoms with Crippen molar-refractivity contribution in [2.75, 3.05) is 32.4 Å². The van der Waals surface area contributed by atoms with Crippen LogP contribution in [0.15, 0.2) is 0 Å². The van der Waals surface area contributed by atoms with E-state index < -0.39 is 17.1 Å². The van der Waals surface area contributed by atoms with Gasteiger partial charge in [-0.15, -0.1) is 0 Å². The highest BCUT2D eigenvalue weighted by Crippen LogP contribution is 2.22. The number of hydrogen-bond acceptors (Lipinski definition) is 3. The van der Waals surface area contributed by atoms with E-state index in [9.17, 15) is 0 Å². The largest absolute Gasteiger partial charge is 0.416 e. The lowest BCUT2D eigenvalue weighted by Gasteiger charge is -2.49. The first-order chi connectivity index (χ1) is 9.07. The molecule has 0 aromatic carbocycles. The highest BCUT2D eigenvalue weighted by atomic mass is 28.4. The van der Waals surface area contributed by atoms with E-state index in [1.807, 2.05) is 0 Å². The van der Waals surface area contributed by atoms with Crippen LogP contribution in [0.1, 0.15) is 27.7 Å². The van der Waals surface area contributed by atoms with Crippen LogP contribution >= 0.6 is 0 Å². The molecule has 1 fully saturated rings. The molecule has 3 nitrogen and oxygen atoms in total. The van der Waals surface area contributed by atoms with E-state index in [1.165, 1.54) is 25.8 Å². The second-order valence-corrected chi connectivity index (χ2v) is 15.5. The minimum Gasteiger partial charge on any atom is -0.416 e. The quantitative estimate of drug-likeness (QED) is 0.725. The molecule has 1 saturated heterocycles. The molecule has 0 saturated carbocycles. The van der Waals surface area contributed by atoms with Gasteiger partial charge in [-0.05, 0) is 40.8 Å². The van der Waals surface area contributed by atoms with Gasteiger partial charge in [0.05, 0.1) is 8.80 Å². The topological polar surface area (TPSA) is 15.7 Å². The molecule has 0 radical (unpaired) electrons. The summed E-state index contributed by atoms with van der Waals surface area (Å²) >= 11 is 0. The molecular formula is C15H36N2OSi2. The highest BCUT2D eigenvalue weighted by molar-refractivity contribution is 6.71. The number of hydrogen-bond donors (Lipinski definition) is 0. The fraction of sp³-hybridized carbons (Fsp3) is 1.00. The summed E-state index contributed by atoms with van der Waals surface area (Å²) in [6.45, 7) is 23.4. The molecular weight excluding hydrogens is 280 g/mol. The third-order valence-corrected chi connectivity index (χ3v) is 8.78. The Morgan fingerprint density at radius 3 is 2.25 bits per heavy atom. The Kier molecular flexibility index (Phi) is 6.47. The Morgan fingerprint density at radius 2 is 1.80 bits per heavy atom. The molecule has 0 aromatic heterocycles. The van der Waals surface area contributed by atoms with Crippen molar-refractivity contribution >= 4 is 17.1 Å². The molecule has 120 valence electrons. The van der Waals surface area contributed by atoms with Crippen LogP contribution in [0.3, 0.4) is 0 Å². The maximum absolute atomic E-state index is 6.05. The molecule has 0 amide bonds. The van der Waals surface area contributed by atoms with Gasteiger partial charge in [0, 0.05) is 43.6 Å². The average Bonchev–Trinajstić information content (AvgIpc) is 2.26. The maximum atomic E-state index is 6.05.